The van der Waals surface area contributed by atoms with Crippen LogP contribution >= 0.6 is 11.8 Å². The molecule has 0 aliphatic carbocycles. The van der Waals surface area contributed by atoms with E-state index in [9.17, 15) is 0 Å². The summed E-state index contributed by atoms with van der Waals surface area (Å²) >= 11 is 1.98. The second-order valence-corrected chi connectivity index (χ2v) is 6.76. The van der Waals surface area contributed by atoms with E-state index in [-0.39, 0.29) is 0 Å². The maximum atomic E-state index is 4.23. The number of nitrogens with one attached hydrogen (secondary N) is 1. The van der Waals surface area contributed by atoms with Gasteiger partial charge >= 0.3 is 0 Å². The molecule has 0 aromatic carbocycles. The molecule has 0 radical (unpaired) electrons. The molecule has 4 heteroatoms. The molecule has 0 amide bonds. The van der Waals surface area contributed by atoms with E-state index in [4.69, 9.17) is 0 Å². The van der Waals surface area contributed by atoms with Crippen molar-refractivity contribution in [2.45, 2.75) is 38.5 Å². The average Bonchev–Trinajstić information content (AvgIpc) is 2.57. The number of nitrogens with zero attached hydrogens (tertiary/aromatic N) is 2. The van der Waals surface area contributed by atoms with Gasteiger partial charge in [0.05, 0.1) is 11.7 Å². The number of aromatic nitrogens is 2. The summed E-state index contributed by atoms with van der Waals surface area (Å²) in [4.78, 5) is 0. The van der Waals surface area contributed by atoms with E-state index in [0.29, 0.717) is 10.8 Å². The van der Waals surface area contributed by atoms with Crippen LogP contribution < -0.4 is 5.32 Å². The fourth-order valence-corrected chi connectivity index (χ4v) is 2.51. The first-order valence-corrected chi connectivity index (χ1v) is 6.78. The fourth-order valence-electron chi connectivity index (χ4n) is 1.55. The molecule has 0 fully saturated rings. The van der Waals surface area contributed by atoms with Crippen molar-refractivity contribution in [2.75, 3.05) is 12.3 Å². The molecular weight excluding hydrogens is 218 g/mol. The predicted molar refractivity (Wildman–Crippen MR) is 71.8 cm³/mol. The Balaban J connectivity index is 2.65. The van der Waals surface area contributed by atoms with Gasteiger partial charge in [-0.15, -0.1) is 0 Å². The molecule has 92 valence electrons. The largest absolute Gasteiger partial charge is 0.308 e. The van der Waals surface area contributed by atoms with Crippen molar-refractivity contribution < 1.29 is 0 Å². The van der Waals surface area contributed by atoms with Crippen LogP contribution in [0.15, 0.2) is 12.3 Å². The van der Waals surface area contributed by atoms with Crippen LogP contribution in [-0.2, 0) is 7.05 Å². The van der Waals surface area contributed by atoms with Crippen molar-refractivity contribution in [3.05, 3.63) is 18.0 Å². The van der Waals surface area contributed by atoms with Crippen molar-refractivity contribution in [1.82, 2.24) is 15.1 Å². The molecule has 16 heavy (non-hydrogen) atoms. The summed E-state index contributed by atoms with van der Waals surface area (Å²) in [5.41, 5.74) is 1.26. The van der Waals surface area contributed by atoms with Gasteiger partial charge in [0, 0.05) is 23.7 Å². The quantitative estimate of drug-likeness (QED) is 0.859. The van der Waals surface area contributed by atoms with Crippen LogP contribution in [0.5, 0.6) is 0 Å². The topological polar surface area (TPSA) is 29.9 Å². The molecule has 1 rings (SSSR count). The highest BCUT2D eigenvalue weighted by molar-refractivity contribution is 8.00. The first kappa shape index (κ1) is 13.6. The molecule has 0 spiro atoms. The number of rotatable bonds is 5. The molecular formula is C12H23N3S. The van der Waals surface area contributed by atoms with E-state index in [1.54, 1.807) is 0 Å². The molecule has 0 saturated heterocycles. The zero-order valence-electron chi connectivity index (χ0n) is 10.9. The highest BCUT2D eigenvalue weighted by Crippen LogP contribution is 2.28. The summed E-state index contributed by atoms with van der Waals surface area (Å²) in [6.45, 7) is 9.89. The highest BCUT2D eigenvalue weighted by atomic mass is 32.2. The smallest absolute Gasteiger partial charge is 0.0583 e. The van der Waals surface area contributed by atoms with E-state index in [1.165, 1.54) is 5.69 Å². The number of thioether (sulfide) groups is 1. The lowest BCUT2D eigenvalue weighted by molar-refractivity contribution is 0.551. The van der Waals surface area contributed by atoms with Crippen LogP contribution in [0.2, 0.25) is 0 Å². The van der Waals surface area contributed by atoms with Gasteiger partial charge < -0.3 is 5.32 Å². The van der Waals surface area contributed by atoms with Crippen LogP contribution in [-0.4, -0.2) is 26.8 Å². The van der Waals surface area contributed by atoms with E-state index < -0.39 is 0 Å². The third kappa shape index (κ3) is 4.18. The fraction of sp³-hybridized carbons (Fsp3) is 0.750. The third-order valence-corrected chi connectivity index (χ3v) is 3.72. The summed E-state index contributed by atoms with van der Waals surface area (Å²) in [5, 5.41) is 7.75. The van der Waals surface area contributed by atoms with Gasteiger partial charge in [-0.1, -0.05) is 27.7 Å². The Morgan fingerprint density at radius 1 is 1.50 bits per heavy atom. The number of aryl methyl sites for hydroxylation is 1. The summed E-state index contributed by atoms with van der Waals surface area (Å²) in [6, 6.07) is 2.48. The third-order valence-electron chi connectivity index (χ3n) is 2.35. The minimum Gasteiger partial charge on any atom is -0.308 e. The molecule has 0 aliphatic rings. The second-order valence-electron chi connectivity index (χ2n) is 4.91. The summed E-state index contributed by atoms with van der Waals surface area (Å²) in [6.07, 6.45) is 1.86. The van der Waals surface area contributed by atoms with Gasteiger partial charge in [0.1, 0.15) is 0 Å². The van der Waals surface area contributed by atoms with Crippen LogP contribution in [0, 0.1) is 0 Å². The highest BCUT2D eigenvalue weighted by Gasteiger charge is 2.18. The van der Waals surface area contributed by atoms with Crippen molar-refractivity contribution in [1.29, 1.82) is 0 Å². The molecule has 0 saturated carbocycles. The Labute approximate surface area is 103 Å². The Hall–Kier alpha value is -0.480. The van der Waals surface area contributed by atoms with Gasteiger partial charge in [-0.25, -0.2) is 0 Å². The van der Waals surface area contributed by atoms with Gasteiger partial charge in [0.15, 0.2) is 0 Å². The van der Waals surface area contributed by atoms with Crippen LogP contribution in [0.4, 0.5) is 0 Å². The molecule has 3 nitrogen and oxygen atoms in total. The Morgan fingerprint density at radius 2 is 2.19 bits per heavy atom. The first-order valence-electron chi connectivity index (χ1n) is 5.79. The molecule has 1 unspecified atom stereocenters. The first-order chi connectivity index (χ1) is 7.44. The van der Waals surface area contributed by atoms with Crippen LogP contribution in [0.1, 0.15) is 39.4 Å². The van der Waals surface area contributed by atoms with E-state index in [1.807, 2.05) is 29.7 Å². The van der Waals surface area contributed by atoms with E-state index >= 15 is 0 Å². The Bertz CT molecular complexity index is 314. The summed E-state index contributed by atoms with van der Waals surface area (Å²) in [7, 11) is 2.00. The Kier molecular flexibility index (Phi) is 4.87. The maximum Gasteiger partial charge on any atom is 0.0583 e. The maximum absolute atomic E-state index is 4.23. The van der Waals surface area contributed by atoms with E-state index in [0.717, 1.165) is 12.3 Å². The molecule has 1 N–H and O–H groups in total. The minimum absolute atomic E-state index is 0.312. The van der Waals surface area contributed by atoms with Gasteiger partial charge in [-0.3, -0.25) is 4.68 Å². The number of hydrogen-bond donors (Lipinski definition) is 1. The van der Waals surface area contributed by atoms with Crippen molar-refractivity contribution in [2.24, 2.45) is 7.05 Å². The lowest BCUT2D eigenvalue weighted by Gasteiger charge is -2.23. The number of hydrogen-bond acceptors (Lipinski definition) is 3. The SMILES string of the molecule is CCNC(CSC(C)(C)C)c1ccnn1C. The summed E-state index contributed by atoms with van der Waals surface area (Å²) < 4.78 is 2.27. The monoisotopic (exact) mass is 241 g/mol. The zero-order chi connectivity index (χ0) is 12.2. The van der Waals surface area contributed by atoms with Crippen molar-refractivity contribution >= 4 is 11.8 Å². The lowest BCUT2D eigenvalue weighted by atomic mass is 10.2. The lowest BCUT2D eigenvalue weighted by Crippen LogP contribution is -2.26. The van der Waals surface area contributed by atoms with Gasteiger partial charge in [0.25, 0.3) is 0 Å². The molecule has 1 atom stereocenters. The van der Waals surface area contributed by atoms with Crippen LogP contribution in [0.3, 0.4) is 0 Å². The zero-order valence-corrected chi connectivity index (χ0v) is 11.8. The van der Waals surface area contributed by atoms with Crippen LogP contribution in [0.25, 0.3) is 0 Å². The van der Waals surface area contributed by atoms with Crippen molar-refractivity contribution in [3.63, 3.8) is 0 Å². The van der Waals surface area contributed by atoms with E-state index in [2.05, 4.69) is 44.2 Å². The predicted octanol–water partition coefficient (Wildman–Crippen LogP) is 2.60. The van der Waals surface area contributed by atoms with Crippen molar-refractivity contribution in [3.8, 4) is 0 Å². The molecule has 1 aromatic heterocycles. The van der Waals surface area contributed by atoms with Gasteiger partial charge in [-0.05, 0) is 12.6 Å². The molecule has 1 aromatic rings. The molecule has 1 heterocycles. The van der Waals surface area contributed by atoms with Gasteiger partial charge in [0.2, 0.25) is 0 Å². The molecule has 0 aliphatic heterocycles. The normalized spacial score (nSPS) is 14.1. The second kappa shape index (κ2) is 5.73. The average molecular weight is 241 g/mol. The summed E-state index contributed by atoms with van der Waals surface area (Å²) in [5.74, 6) is 1.08. The Morgan fingerprint density at radius 3 is 2.62 bits per heavy atom. The minimum atomic E-state index is 0.312. The standard InChI is InChI=1S/C12H23N3S/c1-6-13-10(9-16-12(2,3)4)11-7-8-14-15(11)5/h7-8,10,13H,6,9H2,1-5H3. The van der Waals surface area contributed by atoms with Gasteiger partial charge in [-0.2, -0.15) is 16.9 Å². The molecule has 0 bridgehead atoms.